The fraction of sp³-hybridized carbons (Fsp3) is 0.696. The molecule has 3 fully saturated rings. The van der Waals surface area contributed by atoms with Gasteiger partial charge in [0.2, 0.25) is 0 Å². The smallest absolute Gasteiger partial charge is 0.790 e. The molecule has 4 aliphatic carbocycles. The van der Waals surface area contributed by atoms with Crippen LogP contribution in [0.5, 0.6) is 0 Å². The zero-order valence-corrected chi connectivity index (χ0v) is 26.0. The number of phosphoric acid groups is 1. The first kappa shape index (κ1) is 32.7. The van der Waals surface area contributed by atoms with E-state index in [1.165, 1.54) is 32.1 Å². The Hall–Kier alpha value is 0.450. The van der Waals surface area contributed by atoms with Crippen molar-refractivity contribution in [3.05, 3.63) is 23.8 Å². The van der Waals surface area contributed by atoms with Crippen molar-refractivity contribution in [1.82, 2.24) is 0 Å². The molecule has 2 N–H and O–H groups in total. The Morgan fingerprint density at radius 3 is 2.44 bits per heavy atom. The van der Waals surface area contributed by atoms with E-state index in [1.54, 1.807) is 6.92 Å². The summed E-state index contributed by atoms with van der Waals surface area (Å²) in [5.41, 5.74) is -7.39. The van der Waals surface area contributed by atoms with Gasteiger partial charge in [0.1, 0.15) is 6.61 Å². The number of phosphoric ester groups is 1. The van der Waals surface area contributed by atoms with Crippen LogP contribution in [-0.2, 0) is 23.5 Å². The number of Topliss-reactive ketones (excluding diaryl/α,β-unsaturated/α-hetero) is 2. The summed E-state index contributed by atoms with van der Waals surface area (Å²) in [5, 5.41) is 22.8. The molecule has 4 aliphatic rings. The Balaban J connectivity index is 0.00000228. The number of rotatable bonds is 4. The molecule has 0 radical (unpaired) electrons. The maximum atomic E-state index is 17.1. The molecule has 4 rings (SSSR count). The van der Waals surface area contributed by atoms with Crippen molar-refractivity contribution in [3.63, 3.8) is 0 Å². The summed E-state index contributed by atoms with van der Waals surface area (Å²) < 4.78 is 32.1. The van der Waals surface area contributed by atoms with Gasteiger partial charge >= 0.3 is 59.1 Å². The number of hydrogen-bond donors (Lipinski definition) is 2. The van der Waals surface area contributed by atoms with Gasteiger partial charge in [-0.3, -0.25) is 14.4 Å². The fourth-order valence-corrected chi connectivity index (χ4v) is 7.51. The summed E-state index contributed by atoms with van der Waals surface area (Å²) in [6.07, 6.45) is 2.65. The molecule has 0 bridgehead atoms. The Labute approximate surface area is 253 Å². The molecular weight excluding hydrogens is 516 g/mol. The summed E-state index contributed by atoms with van der Waals surface area (Å²) in [7, 11) is -5.57. The van der Waals surface area contributed by atoms with Crippen molar-refractivity contribution >= 4 is 25.2 Å². The van der Waals surface area contributed by atoms with E-state index in [4.69, 9.17) is 0 Å². The van der Waals surface area contributed by atoms with Gasteiger partial charge in [0.05, 0.1) is 13.9 Å². The molecule has 0 aromatic carbocycles. The molecule has 0 aromatic heterocycles. The zero-order chi connectivity index (χ0) is 25.5. The number of alkyl halides is 1. The molecule has 3 saturated carbocycles. The van der Waals surface area contributed by atoms with Crippen LogP contribution in [0.4, 0.5) is 4.39 Å². The second kappa shape index (κ2) is 10.5. The summed E-state index contributed by atoms with van der Waals surface area (Å²) in [4.78, 5) is 59.9. The van der Waals surface area contributed by atoms with Crippen LogP contribution < -0.4 is 68.9 Å². The van der Waals surface area contributed by atoms with E-state index in [0.717, 1.165) is 0 Å². The number of fused-ring (bicyclic) bond motifs is 5. The van der Waals surface area contributed by atoms with Gasteiger partial charge < -0.3 is 29.1 Å². The van der Waals surface area contributed by atoms with Gasteiger partial charge in [-0.05, 0) is 50.7 Å². The van der Waals surface area contributed by atoms with E-state index >= 15 is 4.39 Å². The van der Waals surface area contributed by atoms with Gasteiger partial charge in [0.15, 0.2) is 28.6 Å². The zero-order valence-electron chi connectivity index (χ0n) is 21.2. The van der Waals surface area contributed by atoms with Crippen LogP contribution in [0.25, 0.3) is 0 Å². The van der Waals surface area contributed by atoms with E-state index in [-0.39, 0.29) is 77.7 Å². The van der Waals surface area contributed by atoms with Crippen LogP contribution in [0, 0.1) is 28.6 Å². The van der Waals surface area contributed by atoms with E-state index < -0.39 is 78.4 Å². The van der Waals surface area contributed by atoms with Gasteiger partial charge in [-0.2, -0.15) is 0 Å². The predicted octanol–water partition coefficient (Wildman–Crippen LogP) is -5.67. The number of ketones is 3. The average Bonchev–Trinajstić information content (AvgIpc) is 2.74. The van der Waals surface area contributed by atoms with Gasteiger partial charge in [-0.1, -0.05) is 25.5 Å². The molecule has 0 saturated heterocycles. The third-order valence-electron chi connectivity index (χ3n) is 9.03. The maximum Gasteiger partial charge on any atom is 1.00 e. The molecule has 0 aromatic rings. The monoisotopic (exact) mass is 544 g/mol. The number of hydrogen-bond acceptors (Lipinski definition) is 9. The third kappa shape index (κ3) is 4.51. The van der Waals surface area contributed by atoms with E-state index in [0.29, 0.717) is 12.0 Å². The molecule has 8 atom stereocenters. The fourth-order valence-electron chi connectivity index (χ4n) is 7.23. The van der Waals surface area contributed by atoms with Gasteiger partial charge in [0, 0.05) is 22.7 Å². The summed E-state index contributed by atoms with van der Waals surface area (Å²) in [6, 6.07) is 0. The SMILES string of the molecule is C[C@H]1C[C@H]2[C@@H]3CCC4=CC(=O)C=C[C@]4(C)[C@@]3(F)[C@@H](O)C[C@]2(C)[C@@](O)(C(=O)COP(=O)([O-])[O-])C1=O.[Na+].[Na+]. The standard InChI is InChI=1S/C23H30FO9P.2Na/c1-12-8-16-15-5-4-13-9-14(25)6-7-20(13,2)22(15,24)17(26)10-21(16,3)23(29,19(12)28)18(27)11-33-34(30,31)32;;/h6-7,9,12,15-17,26,29H,4-5,8,10-11H2,1-3H3,(H2,30,31,32);;/q;2*+1/p-2/t12-,15-,16-,17-,20-,21-,22-,23+;;/m0../s1. The second-order valence-corrected chi connectivity index (χ2v) is 11.8. The average molecular weight is 544 g/mol. The summed E-state index contributed by atoms with van der Waals surface area (Å²) in [6.45, 7) is 3.19. The van der Waals surface area contributed by atoms with Crippen molar-refractivity contribution in [2.24, 2.45) is 28.6 Å². The van der Waals surface area contributed by atoms with Gasteiger partial charge in [0.25, 0.3) is 0 Å². The first-order valence-corrected chi connectivity index (χ1v) is 12.8. The topological polar surface area (TPSA) is 164 Å². The van der Waals surface area contributed by atoms with Crippen LogP contribution in [-0.4, -0.2) is 51.5 Å². The van der Waals surface area contributed by atoms with Crippen LogP contribution in [0.2, 0.25) is 0 Å². The molecule has 9 nitrogen and oxygen atoms in total. The normalized spacial score (nSPS) is 43.7. The van der Waals surface area contributed by atoms with Crippen molar-refractivity contribution in [1.29, 1.82) is 0 Å². The van der Waals surface area contributed by atoms with Crippen molar-refractivity contribution in [3.8, 4) is 0 Å². The van der Waals surface area contributed by atoms with Gasteiger partial charge in [-0.15, -0.1) is 0 Å². The molecular formula is C23H28FNa2O9P. The molecule has 0 heterocycles. The molecule has 0 unspecified atom stereocenters. The maximum absolute atomic E-state index is 17.1. The first-order valence-electron chi connectivity index (χ1n) is 11.3. The van der Waals surface area contributed by atoms with Gasteiger partial charge in [-0.25, -0.2) is 4.39 Å². The minimum absolute atomic E-state index is 0. The van der Waals surface area contributed by atoms with E-state index in [2.05, 4.69) is 4.52 Å². The molecule has 188 valence electrons. The van der Waals surface area contributed by atoms with Crippen molar-refractivity contribution in [2.75, 3.05) is 6.61 Å². The first-order chi connectivity index (χ1) is 15.5. The molecule has 13 heteroatoms. The number of halogens is 1. The summed E-state index contributed by atoms with van der Waals surface area (Å²) >= 11 is 0. The van der Waals surface area contributed by atoms with Crippen molar-refractivity contribution in [2.45, 2.75) is 63.8 Å². The Bertz CT molecular complexity index is 1080. The molecule has 0 spiro atoms. The van der Waals surface area contributed by atoms with Crippen LogP contribution in [0.15, 0.2) is 23.8 Å². The number of aliphatic hydroxyl groups is 2. The third-order valence-corrected chi connectivity index (χ3v) is 9.47. The van der Waals surface area contributed by atoms with Crippen molar-refractivity contribution < 1.29 is 107 Å². The van der Waals surface area contributed by atoms with E-state index in [9.17, 15) is 38.9 Å². The minimum Gasteiger partial charge on any atom is -0.790 e. The largest absolute Gasteiger partial charge is 1.00 e. The summed E-state index contributed by atoms with van der Waals surface area (Å²) in [5.74, 6) is -4.94. The molecule has 36 heavy (non-hydrogen) atoms. The van der Waals surface area contributed by atoms with E-state index in [1.807, 2.05) is 0 Å². The molecule has 0 amide bonds. The predicted molar refractivity (Wildman–Crippen MR) is 111 cm³/mol. The Kier molecular flexibility index (Phi) is 9.48. The molecule has 0 aliphatic heterocycles. The number of allylic oxidation sites excluding steroid dienone is 4. The van der Waals surface area contributed by atoms with Crippen LogP contribution in [0.1, 0.15) is 46.5 Å². The number of carbonyl (C=O) groups is 3. The Morgan fingerprint density at radius 1 is 1.25 bits per heavy atom. The van der Waals surface area contributed by atoms with Crippen LogP contribution >= 0.6 is 7.82 Å². The second-order valence-electron chi connectivity index (χ2n) is 10.6. The van der Waals surface area contributed by atoms with Crippen LogP contribution in [0.3, 0.4) is 0 Å². The number of carbonyl (C=O) groups excluding carboxylic acids is 3. The minimum atomic E-state index is -5.57. The Morgan fingerprint density at radius 2 is 1.86 bits per heavy atom. The number of aliphatic hydroxyl groups excluding tert-OH is 1. The quantitative estimate of drug-likeness (QED) is 0.199.